The number of anilines is 1. The number of fused-ring (bicyclic) bond motifs is 1. The summed E-state index contributed by atoms with van der Waals surface area (Å²) in [6.45, 7) is 3.51. The highest BCUT2D eigenvalue weighted by Crippen LogP contribution is 2.34. The number of carbonyl (C=O) groups excluding carboxylic acids is 1. The van der Waals surface area contributed by atoms with Crippen LogP contribution in [0.4, 0.5) is 5.82 Å². The van der Waals surface area contributed by atoms with Gasteiger partial charge in [0, 0.05) is 6.20 Å². The predicted molar refractivity (Wildman–Crippen MR) is 82.7 cm³/mol. The average Bonchev–Trinajstić information content (AvgIpc) is 2.75. The zero-order valence-corrected chi connectivity index (χ0v) is 13.5. The number of amides is 1. The third-order valence-corrected chi connectivity index (χ3v) is 3.59. The van der Waals surface area contributed by atoms with Crippen molar-refractivity contribution in [1.29, 1.82) is 0 Å². The first-order valence-corrected chi connectivity index (χ1v) is 8.47. The van der Waals surface area contributed by atoms with Gasteiger partial charge in [-0.1, -0.05) is 0 Å². The van der Waals surface area contributed by atoms with E-state index in [1.165, 1.54) is 6.20 Å². The summed E-state index contributed by atoms with van der Waals surface area (Å²) in [6, 6.07) is 0. The van der Waals surface area contributed by atoms with Crippen LogP contribution in [0.15, 0.2) is 6.20 Å². The first-order chi connectivity index (χ1) is 10.6. The quantitative estimate of drug-likeness (QED) is 0.530. The van der Waals surface area contributed by atoms with E-state index in [4.69, 9.17) is 26.0 Å². The molecule has 2 aromatic heterocycles. The molecule has 0 spiro atoms. The van der Waals surface area contributed by atoms with Crippen LogP contribution in [0.3, 0.4) is 0 Å². The summed E-state index contributed by atoms with van der Waals surface area (Å²) >= 11 is 0. The van der Waals surface area contributed by atoms with Crippen LogP contribution in [-0.2, 0) is 15.8 Å². The second-order valence-electron chi connectivity index (χ2n) is 5.19. The number of nitrogen functional groups attached to an aromatic ring is 1. The number of nitrogens with two attached hydrogens (primary N) is 2. The highest BCUT2D eigenvalue weighted by Gasteiger charge is 2.20. The third kappa shape index (κ3) is 4.05. The fraction of sp³-hybridized carbons (Fsp3) is 0.417. The van der Waals surface area contributed by atoms with Gasteiger partial charge in [-0.2, -0.15) is 0 Å². The molecule has 23 heavy (non-hydrogen) atoms. The van der Waals surface area contributed by atoms with E-state index >= 15 is 0 Å². The SMILES string of the molecule is Cc1nc(N)c2c(C(N)=O)cn(C[C@@H](C)OCP(=O)(O)O)c2n1. The molecule has 0 saturated heterocycles. The Labute approximate surface area is 131 Å². The molecule has 2 heterocycles. The van der Waals surface area contributed by atoms with Crippen LogP contribution >= 0.6 is 7.60 Å². The maximum absolute atomic E-state index is 11.6. The van der Waals surface area contributed by atoms with Crippen LogP contribution in [0, 0.1) is 6.92 Å². The van der Waals surface area contributed by atoms with Gasteiger partial charge < -0.3 is 30.6 Å². The number of hydrogen-bond donors (Lipinski definition) is 4. The lowest BCUT2D eigenvalue weighted by Gasteiger charge is -2.15. The van der Waals surface area contributed by atoms with Crippen LogP contribution in [0.1, 0.15) is 23.1 Å². The monoisotopic (exact) mass is 343 g/mol. The van der Waals surface area contributed by atoms with Gasteiger partial charge in [0.05, 0.1) is 23.6 Å². The molecule has 0 fully saturated rings. The molecule has 1 amide bonds. The minimum atomic E-state index is -4.25. The van der Waals surface area contributed by atoms with Gasteiger partial charge >= 0.3 is 7.60 Å². The summed E-state index contributed by atoms with van der Waals surface area (Å²) < 4.78 is 17.6. The Morgan fingerprint density at radius 2 is 2.13 bits per heavy atom. The van der Waals surface area contributed by atoms with Crippen molar-refractivity contribution >= 4 is 30.4 Å². The molecule has 0 aliphatic carbocycles. The summed E-state index contributed by atoms with van der Waals surface area (Å²) in [7, 11) is -4.25. The lowest BCUT2D eigenvalue weighted by molar-refractivity contribution is 0.0765. The minimum absolute atomic E-state index is 0.142. The maximum Gasteiger partial charge on any atom is 0.350 e. The molecule has 0 radical (unpaired) electrons. The van der Waals surface area contributed by atoms with Gasteiger partial charge in [-0.05, 0) is 13.8 Å². The van der Waals surface area contributed by atoms with E-state index in [2.05, 4.69) is 9.97 Å². The van der Waals surface area contributed by atoms with Gasteiger partial charge in [-0.3, -0.25) is 9.36 Å². The Hall–Kier alpha value is -2.00. The number of nitrogens with zero attached hydrogens (tertiary/aromatic N) is 3. The second-order valence-corrected chi connectivity index (χ2v) is 6.77. The smallest absolute Gasteiger partial charge is 0.350 e. The molecule has 0 aromatic carbocycles. The topological polar surface area (TPSA) is 167 Å². The number of aryl methyl sites for hydroxylation is 1. The van der Waals surface area contributed by atoms with Crippen molar-refractivity contribution in [2.24, 2.45) is 5.73 Å². The van der Waals surface area contributed by atoms with Gasteiger partial charge in [0.25, 0.3) is 5.91 Å². The number of ether oxygens (including phenoxy) is 1. The summed E-state index contributed by atoms with van der Waals surface area (Å²) in [4.78, 5) is 37.5. The summed E-state index contributed by atoms with van der Waals surface area (Å²) in [5.74, 6) is -0.102. The highest BCUT2D eigenvalue weighted by molar-refractivity contribution is 7.51. The molecule has 6 N–H and O–H groups in total. The zero-order valence-electron chi connectivity index (χ0n) is 12.6. The molecule has 126 valence electrons. The van der Waals surface area contributed by atoms with E-state index in [1.807, 2.05) is 0 Å². The molecular weight excluding hydrogens is 325 g/mol. The van der Waals surface area contributed by atoms with Gasteiger partial charge in [-0.15, -0.1) is 0 Å². The largest absolute Gasteiger partial charge is 0.383 e. The Balaban J connectivity index is 2.37. The molecule has 2 rings (SSSR count). The highest BCUT2D eigenvalue weighted by atomic mass is 31.2. The van der Waals surface area contributed by atoms with E-state index in [9.17, 15) is 9.36 Å². The van der Waals surface area contributed by atoms with Crippen molar-refractivity contribution in [2.45, 2.75) is 26.5 Å². The Kier molecular flexibility index (Phi) is 4.71. The Morgan fingerprint density at radius 3 is 2.70 bits per heavy atom. The number of rotatable bonds is 6. The van der Waals surface area contributed by atoms with E-state index < -0.39 is 26.0 Å². The molecule has 0 aliphatic heterocycles. The van der Waals surface area contributed by atoms with E-state index in [0.717, 1.165) is 0 Å². The van der Waals surface area contributed by atoms with E-state index in [0.29, 0.717) is 16.9 Å². The van der Waals surface area contributed by atoms with Crippen LogP contribution in [0.5, 0.6) is 0 Å². The van der Waals surface area contributed by atoms with Crippen LogP contribution in [0.2, 0.25) is 0 Å². The second kappa shape index (κ2) is 6.25. The van der Waals surface area contributed by atoms with Crippen molar-refractivity contribution < 1.29 is 23.9 Å². The molecule has 0 unspecified atom stereocenters. The molecule has 10 nitrogen and oxygen atoms in total. The van der Waals surface area contributed by atoms with Gasteiger partial charge in [0.15, 0.2) is 0 Å². The number of primary amides is 1. The Morgan fingerprint density at radius 1 is 1.48 bits per heavy atom. The van der Waals surface area contributed by atoms with Gasteiger partial charge in [0.1, 0.15) is 23.6 Å². The molecule has 0 bridgehead atoms. The molecule has 1 atom stereocenters. The first-order valence-electron chi connectivity index (χ1n) is 6.67. The fourth-order valence-electron chi connectivity index (χ4n) is 2.21. The maximum atomic E-state index is 11.6. The van der Waals surface area contributed by atoms with Crippen molar-refractivity contribution in [3.63, 3.8) is 0 Å². The molecule has 0 aliphatic rings. The fourth-order valence-corrected chi connectivity index (χ4v) is 2.66. The van der Waals surface area contributed by atoms with Gasteiger partial charge in [0.2, 0.25) is 0 Å². The third-order valence-electron chi connectivity index (χ3n) is 3.10. The molecular formula is C12H18N5O5P. The van der Waals surface area contributed by atoms with E-state index in [1.54, 1.807) is 18.4 Å². The minimum Gasteiger partial charge on any atom is -0.383 e. The number of carbonyl (C=O) groups is 1. The average molecular weight is 343 g/mol. The molecule has 2 aromatic rings. The zero-order chi connectivity index (χ0) is 17.4. The summed E-state index contributed by atoms with van der Waals surface area (Å²) in [5.41, 5.74) is 11.8. The van der Waals surface area contributed by atoms with E-state index in [-0.39, 0.29) is 17.9 Å². The van der Waals surface area contributed by atoms with Crippen molar-refractivity contribution in [2.75, 3.05) is 12.1 Å². The first kappa shape index (κ1) is 17.4. The lowest BCUT2D eigenvalue weighted by Crippen LogP contribution is -2.17. The molecule has 0 saturated carbocycles. The van der Waals surface area contributed by atoms with Crippen LogP contribution in [-0.4, -0.2) is 42.7 Å². The lowest BCUT2D eigenvalue weighted by atomic mass is 10.2. The number of hydrogen-bond acceptors (Lipinski definition) is 6. The normalized spacial score (nSPS) is 13.4. The summed E-state index contributed by atoms with van der Waals surface area (Å²) in [5, 5.41) is 0.352. The van der Waals surface area contributed by atoms with Gasteiger partial charge in [-0.25, -0.2) is 9.97 Å². The number of aromatic nitrogens is 3. The molecule has 11 heteroatoms. The van der Waals surface area contributed by atoms with Crippen molar-refractivity contribution in [1.82, 2.24) is 14.5 Å². The Bertz CT molecular complexity index is 799. The standard InChI is InChI=1S/C12H18N5O5P/c1-6(22-5-23(19,20)21)3-17-4-8(11(14)18)9-10(13)15-7(2)16-12(9)17/h4,6H,3,5H2,1-2H3,(H2,14,18)(H2,13,15,16)(H2,19,20,21)/t6-/m1/s1. The predicted octanol–water partition coefficient (Wildman–Crippen LogP) is -0.0389. The van der Waals surface area contributed by atoms with Crippen LogP contribution < -0.4 is 11.5 Å². The van der Waals surface area contributed by atoms with Crippen molar-refractivity contribution in [3.05, 3.63) is 17.6 Å². The summed E-state index contributed by atoms with van der Waals surface area (Å²) in [6.07, 6.45) is 0.261. The van der Waals surface area contributed by atoms with Crippen LogP contribution in [0.25, 0.3) is 11.0 Å². The van der Waals surface area contributed by atoms with Crippen molar-refractivity contribution in [3.8, 4) is 0 Å².